The summed E-state index contributed by atoms with van der Waals surface area (Å²) >= 11 is 0. The van der Waals surface area contributed by atoms with Crippen LogP contribution in [0.4, 0.5) is 0 Å². The molecule has 0 saturated carbocycles. The zero-order valence-corrected chi connectivity index (χ0v) is 16.4. The van der Waals surface area contributed by atoms with E-state index < -0.39 is 6.04 Å². The maximum absolute atomic E-state index is 12.6. The van der Waals surface area contributed by atoms with Crippen LogP contribution < -0.4 is 5.32 Å². The van der Waals surface area contributed by atoms with Gasteiger partial charge < -0.3 is 15.0 Å². The third kappa shape index (κ3) is 6.08. The highest BCUT2D eigenvalue weighted by Gasteiger charge is 2.27. The number of carbonyl (C=O) groups excluding carboxylic acids is 3. The van der Waals surface area contributed by atoms with E-state index in [9.17, 15) is 14.4 Å². The first-order chi connectivity index (χ1) is 13.4. The van der Waals surface area contributed by atoms with Crippen molar-refractivity contribution in [3.8, 4) is 6.07 Å². The maximum atomic E-state index is 12.6. The van der Waals surface area contributed by atoms with Gasteiger partial charge in [-0.15, -0.1) is 0 Å². The SMILES string of the molecule is CCOC(=O)CCC1CCN(C(=O)C(C)NC(=O)c2ccc(C#N)cc2)CC1. The highest BCUT2D eigenvalue weighted by molar-refractivity contribution is 5.97. The van der Waals surface area contributed by atoms with Crippen LogP contribution in [0.3, 0.4) is 0 Å². The Morgan fingerprint density at radius 2 is 1.89 bits per heavy atom. The van der Waals surface area contributed by atoms with Gasteiger partial charge in [-0.1, -0.05) is 0 Å². The fourth-order valence-electron chi connectivity index (χ4n) is 3.31. The summed E-state index contributed by atoms with van der Waals surface area (Å²) in [6, 6.07) is 7.66. The third-order valence-corrected chi connectivity index (χ3v) is 4.98. The minimum atomic E-state index is -0.626. The molecule has 0 aliphatic carbocycles. The molecule has 0 aromatic heterocycles. The molecule has 1 aromatic rings. The summed E-state index contributed by atoms with van der Waals surface area (Å²) in [4.78, 5) is 38.1. The van der Waals surface area contributed by atoms with Crippen LogP contribution in [0.2, 0.25) is 0 Å². The van der Waals surface area contributed by atoms with E-state index in [-0.39, 0.29) is 17.8 Å². The lowest BCUT2D eigenvalue weighted by Crippen LogP contribution is -2.49. The fraction of sp³-hybridized carbons (Fsp3) is 0.524. The predicted molar refractivity (Wildman–Crippen MR) is 103 cm³/mol. The molecule has 1 N–H and O–H groups in total. The first kappa shape index (κ1) is 21.4. The van der Waals surface area contributed by atoms with Gasteiger partial charge >= 0.3 is 5.97 Å². The molecule has 28 heavy (non-hydrogen) atoms. The van der Waals surface area contributed by atoms with E-state index in [0.29, 0.717) is 43.2 Å². The first-order valence-electron chi connectivity index (χ1n) is 9.70. The molecule has 0 radical (unpaired) electrons. The van der Waals surface area contributed by atoms with Gasteiger partial charge in [0, 0.05) is 25.1 Å². The van der Waals surface area contributed by atoms with Crippen LogP contribution in [-0.4, -0.2) is 48.4 Å². The molecule has 1 aliphatic rings. The Morgan fingerprint density at radius 1 is 1.25 bits per heavy atom. The van der Waals surface area contributed by atoms with Crippen molar-refractivity contribution in [3.05, 3.63) is 35.4 Å². The second-order valence-corrected chi connectivity index (χ2v) is 7.00. The van der Waals surface area contributed by atoms with E-state index in [0.717, 1.165) is 19.3 Å². The molecule has 7 nitrogen and oxygen atoms in total. The van der Waals surface area contributed by atoms with Gasteiger partial charge in [0.05, 0.1) is 18.2 Å². The number of carbonyl (C=O) groups is 3. The Bertz CT molecular complexity index is 731. The number of benzene rings is 1. The monoisotopic (exact) mass is 385 g/mol. The summed E-state index contributed by atoms with van der Waals surface area (Å²) in [5, 5.41) is 11.5. The highest BCUT2D eigenvalue weighted by Crippen LogP contribution is 2.22. The number of nitrogens with zero attached hydrogens (tertiary/aromatic N) is 2. The Morgan fingerprint density at radius 3 is 2.46 bits per heavy atom. The average molecular weight is 385 g/mol. The summed E-state index contributed by atoms with van der Waals surface area (Å²) < 4.78 is 4.95. The molecule has 1 atom stereocenters. The fourth-order valence-corrected chi connectivity index (χ4v) is 3.31. The van der Waals surface area contributed by atoms with Crippen molar-refractivity contribution >= 4 is 17.8 Å². The van der Waals surface area contributed by atoms with Gasteiger partial charge in [-0.3, -0.25) is 14.4 Å². The van der Waals surface area contributed by atoms with Crippen LogP contribution in [0.15, 0.2) is 24.3 Å². The van der Waals surface area contributed by atoms with Crippen LogP contribution in [0, 0.1) is 17.2 Å². The van der Waals surface area contributed by atoms with Gasteiger partial charge in [0.2, 0.25) is 5.91 Å². The maximum Gasteiger partial charge on any atom is 0.305 e. The van der Waals surface area contributed by atoms with E-state index in [1.54, 1.807) is 43.0 Å². The van der Waals surface area contributed by atoms with E-state index in [1.165, 1.54) is 0 Å². The molecule has 2 amide bonds. The molecule has 0 spiro atoms. The van der Waals surface area contributed by atoms with Crippen LogP contribution in [0.1, 0.15) is 55.5 Å². The quantitative estimate of drug-likeness (QED) is 0.726. The smallest absolute Gasteiger partial charge is 0.305 e. The highest BCUT2D eigenvalue weighted by atomic mass is 16.5. The largest absolute Gasteiger partial charge is 0.466 e. The number of piperidine rings is 1. The third-order valence-electron chi connectivity index (χ3n) is 4.98. The molecule has 150 valence electrons. The van der Waals surface area contributed by atoms with Crippen molar-refractivity contribution < 1.29 is 19.1 Å². The van der Waals surface area contributed by atoms with Crippen LogP contribution in [0.25, 0.3) is 0 Å². The number of hydrogen-bond donors (Lipinski definition) is 1. The number of rotatable bonds is 7. The van der Waals surface area contributed by atoms with Crippen LogP contribution >= 0.6 is 0 Å². The lowest BCUT2D eigenvalue weighted by atomic mass is 9.92. The normalized spacial score (nSPS) is 15.4. The second-order valence-electron chi connectivity index (χ2n) is 7.00. The minimum absolute atomic E-state index is 0.106. The lowest BCUT2D eigenvalue weighted by Gasteiger charge is -2.33. The molecule has 1 heterocycles. The molecule has 1 fully saturated rings. The van der Waals surface area contributed by atoms with Crippen molar-refractivity contribution in [2.24, 2.45) is 5.92 Å². The summed E-state index contributed by atoms with van der Waals surface area (Å²) in [6.45, 7) is 5.13. The summed E-state index contributed by atoms with van der Waals surface area (Å²) in [5.41, 5.74) is 0.892. The molecule has 1 aromatic carbocycles. The van der Waals surface area contributed by atoms with Gasteiger partial charge in [0.1, 0.15) is 6.04 Å². The zero-order valence-electron chi connectivity index (χ0n) is 16.4. The summed E-state index contributed by atoms with van der Waals surface area (Å²) in [6.07, 6.45) is 2.90. The van der Waals surface area contributed by atoms with Gasteiger partial charge in [-0.25, -0.2) is 0 Å². The van der Waals surface area contributed by atoms with Crippen molar-refractivity contribution in [1.82, 2.24) is 10.2 Å². The zero-order chi connectivity index (χ0) is 20.5. The summed E-state index contributed by atoms with van der Waals surface area (Å²) in [7, 11) is 0. The first-order valence-corrected chi connectivity index (χ1v) is 9.70. The van der Waals surface area contributed by atoms with E-state index in [1.807, 2.05) is 6.07 Å². The van der Waals surface area contributed by atoms with Crippen LogP contribution in [-0.2, 0) is 14.3 Å². The topological polar surface area (TPSA) is 99.5 Å². The lowest BCUT2D eigenvalue weighted by molar-refractivity contribution is -0.143. The summed E-state index contributed by atoms with van der Waals surface area (Å²) in [5.74, 6) is -0.197. The standard InChI is InChI=1S/C21H27N3O4/c1-3-28-19(25)9-6-16-10-12-24(13-11-16)21(27)15(2)23-20(26)18-7-4-17(14-22)5-8-18/h4-5,7-8,15-16H,3,6,9-13H2,1-2H3,(H,23,26). The molecule has 1 aliphatic heterocycles. The van der Waals surface area contributed by atoms with Crippen molar-refractivity contribution in [2.75, 3.05) is 19.7 Å². The number of hydrogen-bond acceptors (Lipinski definition) is 5. The van der Waals surface area contributed by atoms with Gasteiger partial charge in [-0.05, 0) is 63.3 Å². The number of likely N-dealkylation sites (tertiary alicyclic amines) is 1. The van der Waals surface area contributed by atoms with Crippen molar-refractivity contribution in [1.29, 1.82) is 5.26 Å². The van der Waals surface area contributed by atoms with Crippen molar-refractivity contribution in [3.63, 3.8) is 0 Å². The van der Waals surface area contributed by atoms with E-state index >= 15 is 0 Å². The molecule has 7 heteroatoms. The van der Waals surface area contributed by atoms with Gasteiger partial charge in [-0.2, -0.15) is 5.26 Å². The Hall–Kier alpha value is -2.88. The predicted octanol–water partition coefficient (Wildman–Crippen LogP) is 2.26. The van der Waals surface area contributed by atoms with E-state index in [2.05, 4.69) is 5.32 Å². The number of ether oxygens (including phenoxy) is 1. The number of nitriles is 1. The van der Waals surface area contributed by atoms with Crippen LogP contribution in [0.5, 0.6) is 0 Å². The number of amides is 2. The Kier molecular flexibility index (Phi) is 8.00. The van der Waals surface area contributed by atoms with E-state index in [4.69, 9.17) is 10.00 Å². The molecule has 0 bridgehead atoms. The molecular formula is C21H27N3O4. The number of nitrogens with one attached hydrogen (secondary N) is 1. The number of esters is 1. The molecule has 2 rings (SSSR count). The molecule has 1 unspecified atom stereocenters. The second kappa shape index (κ2) is 10.5. The molecular weight excluding hydrogens is 358 g/mol. The van der Waals surface area contributed by atoms with Gasteiger partial charge in [0.15, 0.2) is 0 Å². The van der Waals surface area contributed by atoms with Crippen molar-refractivity contribution in [2.45, 2.75) is 45.6 Å². The molecule has 1 saturated heterocycles. The average Bonchev–Trinajstić information content (AvgIpc) is 2.72. The Labute approximate surface area is 165 Å². The Balaban J connectivity index is 1.78. The van der Waals surface area contributed by atoms with Gasteiger partial charge in [0.25, 0.3) is 5.91 Å². The minimum Gasteiger partial charge on any atom is -0.466 e.